The van der Waals surface area contributed by atoms with Crippen molar-refractivity contribution in [2.45, 2.75) is 134 Å². The summed E-state index contributed by atoms with van der Waals surface area (Å²) in [6, 6.07) is 0. The maximum atomic E-state index is 12.7. The van der Waals surface area contributed by atoms with Gasteiger partial charge in [0, 0.05) is 26.5 Å². The van der Waals surface area contributed by atoms with Crippen LogP contribution >= 0.6 is 0 Å². The Balaban J connectivity index is 1.37. The number of unbranched alkanes of at least 4 members (excludes halogenated alkanes) is 5. The molecular weight excluding hydrogens is 458 g/mol. The maximum absolute atomic E-state index is 12.7. The molecule has 206 valence electrons. The SMILES string of the molecule is CCCCC(=O)NCCCCCCCC(=O)OC1CC[C@]2(CO2)C([C@]2(C)O[C@@H]2CC=C(C)C)C1OC. The van der Waals surface area contributed by atoms with Crippen LogP contribution in [0, 0.1) is 5.92 Å². The van der Waals surface area contributed by atoms with Crippen LogP contribution in [0.3, 0.4) is 0 Å². The largest absolute Gasteiger partial charge is 0.460 e. The van der Waals surface area contributed by atoms with Crippen LogP contribution in [-0.4, -0.2) is 61.7 Å². The van der Waals surface area contributed by atoms with Crippen molar-refractivity contribution in [2.24, 2.45) is 5.92 Å². The highest BCUT2D eigenvalue weighted by atomic mass is 16.6. The molecule has 7 heteroatoms. The molecule has 6 atom stereocenters. The maximum Gasteiger partial charge on any atom is 0.306 e. The molecule has 3 rings (SSSR count). The molecule has 1 spiro atoms. The monoisotopic (exact) mass is 507 g/mol. The van der Waals surface area contributed by atoms with E-state index in [4.69, 9.17) is 18.9 Å². The summed E-state index contributed by atoms with van der Waals surface area (Å²) in [5.74, 6) is 0.0722. The molecule has 1 saturated carbocycles. The van der Waals surface area contributed by atoms with Gasteiger partial charge in [0.1, 0.15) is 23.4 Å². The minimum atomic E-state index is -0.316. The van der Waals surface area contributed by atoms with Crippen LogP contribution in [0.15, 0.2) is 11.6 Å². The number of rotatable bonds is 16. The second kappa shape index (κ2) is 13.4. The lowest BCUT2D eigenvalue weighted by molar-refractivity contribution is -0.172. The number of allylic oxidation sites excluding steroid dienone is 1. The average Bonchev–Trinajstić information content (AvgIpc) is 3.76. The lowest BCUT2D eigenvalue weighted by atomic mass is 9.68. The number of ether oxygens (including phenoxy) is 4. The van der Waals surface area contributed by atoms with Crippen LogP contribution in [0.1, 0.15) is 105 Å². The third-order valence-electron chi connectivity index (χ3n) is 8.16. The van der Waals surface area contributed by atoms with E-state index in [1.807, 2.05) is 0 Å². The topological polar surface area (TPSA) is 89.7 Å². The average molecular weight is 508 g/mol. The van der Waals surface area contributed by atoms with Gasteiger partial charge in [-0.1, -0.05) is 44.3 Å². The minimum absolute atomic E-state index is 0.0552. The fraction of sp³-hybridized carbons (Fsp3) is 0.862. The first-order chi connectivity index (χ1) is 17.3. The first-order valence-electron chi connectivity index (χ1n) is 14.2. The zero-order valence-corrected chi connectivity index (χ0v) is 23.2. The van der Waals surface area contributed by atoms with Crippen molar-refractivity contribution >= 4 is 11.9 Å². The Morgan fingerprint density at radius 2 is 1.81 bits per heavy atom. The fourth-order valence-corrected chi connectivity index (χ4v) is 5.88. The van der Waals surface area contributed by atoms with E-state index >= 15 is 0 Å². The number of esters is 1. The molecule has 1 N–H and O–H groups in total. The van der Waals surface area contributed by atoms with Crippen LogP contribution in [-0.2, 0) is 28.5 Å². The van der Waals surface area contributed by atoms with Gasteiger partial charge in [0.05, 0.1) is 18.6 Å². The molecule has 36 heavy (non-hydrogen) atoms. The Morgan fingerprint density at radius 3 is 2.47 bits per heavy atom. The van der Waals surface area contributed by atoms with Crippen LogP contribution in [0.2, 0.25) is 0 Å². The number of carbonyl (C=O) groups is 2. The van der Waals surface area contributed by atoms with E-state index in [0.29, 0.717) is 12.8 Å². The molecule has 0 aromatic rings. The van der Waals surface area contributed by atoms with Crippen molar-refractivity contribution in [2.75, 3.05) is 20.3 Å². The molecule has 0 aromatic carbocycles. The molecule has 7 nitrogen and oxygen atoms in total. The number of hydrogen-bond acceptors (Lipinski definition) is 6. The third-order valence-corrected chi connectivity index (χ3v) is 8.16. The van der Waals surface area contributed by atoms with Crippen LogP contribution in [0.4, 0.5) is 0 Å². The lowest BCUT2D eigenvalue weighted by Gasteiger charge is -2.42. The summed E-state index contributed by atoms with van der Waals surface area (Å²) in [5.41, 5.74) is 0.773. The molecule has 3 fully saturated rings. The molecule has 3 aliphatic rings. The van der Waals surface area contributed by atoms with Crippen molar-refractivity contribution in [3.05, 3.63) is 11.6 Å². The lowest BCUT2D eigenvalue weighted by Crippen LogP contribution is -2.55. The van der Waals surface area contributed by atoms with Gasteiger partial charge in [-0.3, -0.25) is 9.59 Å². The third kappa shape index (κ3) is 7.78. The van der Waals surface area contributed by atoms with Gasteiger partial charge in [0.15, 0.2) is 0 Å². The van der Waals surface area contributed by atoms with Crippen molar-refractivity contribution < 1.29 is 28.5 Å². The second-order valence-electron chi connectivity index (χ2n) is 11.4. The van der Waals surface area contributed by atoms with Gasteiger partial charge in [0.2, 0.25) is 5.91 Å². The Hall–Kier alpha value is -1.44. The smallest absolute Gasteiger partial charge is 0.306 e. The molecule has 0 bridgehead atoms. The van der Waals surface area contributed by atoms with Crippen molar-refractivity contribution in [1.29, 1.82) is 0 Å². The van der Waals surface area contributed by atoms with Gasteiger partial charge in [-0.25, -0.2) is 0 Å². The predicted molar refractivity (Wildman–Crippen MR) is 140 cm³/mol. The van der Waals surface area contributed by atoms with Gasteiger partial charge < -0.3 is 24.3 Å². The van der Waals surface area contributed by atoms with Gasteiger partial charge in [0.25, 0.3) is 0 Å². The minimum Gasteiger partial charge on any atom is -0.460 e. The Morgan fingerprint density at radius 1 is 1.08 bits per heavy atom. The standard InChI is InChI=1S/C29H49NO6/c1-6-7-13-24(31)30-19-12-10-8-9-11-14-25(32)35-22-17-18-29(20-34-29)27(26(22)33-5)28(4)23(36-28)16-15-21(2)3/h15,22-23,26-27H,6-14,16-20H2,1-5H3,(H,30,31)/t22?,23-,26?,27?,28-,29+/m1/s1. The number of nitrogens with one attached hydrogen (secondary N) is 1. The first-order valence-corrected chi connectivity index (χ1v) is 14.2. The van der Waals surface area contributed by atoms with Crippen molar-refractivity contribution in [1.82, 2.24) is 5.32 Å². The second-order valence-corrected chi connectivity index (χ2v) is 11.4. The highest BCUT2D eigenvalue weighted by molar-refractivity contribution is 5.75. The molecule has 0 aromatic heterocycles. The highest BCUT2D eigenvalue weighted by Crippen LogP contribution is 2.59. The summed E-state index contributed by atoms with van der Waals surface area (Å²) >= 11 is 0. The Kier molecular flexibility index (Phi) is 10.8. The van der Waals surface area contributed by atoms with Crippen molar-refractivity contribution in [3.63, 3.8) is 0 Å². The number of hydrogen-bond donors (Lipinski definition) is 1. The summed E-state index contributed by atoms with van der Waals surface area (Å²) in [7, 11) is 1.71. The number of methoxy groups -OCH3 is 1. The molecule has 2 heterocycles. The molecule has 1 amide bonds. The quantitative estimate of drug-likeness (QED) is 0.133. The van der Waals surface area contributed by atoms with E-state index in [0.717, 1.165) is 77.4 Å². The number of amides is 1. The van der Waals surface area contributed by atoms with E-state index in [-0.39, 0.29) is 47.3 Å². The fourth-order valence-electron chi connectivity index (χ4n) is 5.88. The summed E-state index contributed by atoms with van der Waals surface area (Å²) in [6.07, 6.45) is 12.4. The molecule has 1 aliphatic carbocycles. The van der Waals surface area contributed by atoms with Gasteiger partial charge in [-0.2, -0.15) is 0 Å². The normalized spacial score (nSPS) is 32.7. The molecule has 3 unspecified atom stereocenters. The van der Waals surface area contributed by atoms with Crippen LogP contribution in [0.25, 0.3) is 0 Å². The highest BCUT2D eigenvalue weighted by Gasteiger charge is 2.72. The van der Waals surface area contributed by atoms with Crippen molar-refractivity contribution in [3.8, 4) is 0 Å². The zero-order chi connectivity index (χ0) is 26.2. The summed E-state index contributed by atoms with van der Waals surface area (Å²) < 4.78 is 24.2. The van der Waals surface area contributed by atoms with E-state index in [2.05, 4.69) is 39.1 Å². The zero-order valence-electron chi connectivity index (χ0n) is 23.2. The predicted octanol–water partition coefficient (Wildman–Crippen LogP) is 5.25. The van der Waals surface area contributed by atoms with Gasteiger partial charge in [-0.05, 0) is 59.3 Å². The number of epoxide rings is 2. The van der Waals surface area contributed by atoms with E-state index in [1.54, 1.807) is 7.11 Å². The summed E-state index contributed by atoms with van der Waals surface area (Å²) in [4.78, 5) is 24.3. The van der Waals surface area contributed by atoms with E-state index in [1.165, 1.54) is 5.57 Å². The molecule has 2 aliphatic heterocycles. The van der Waals surface area contributed by atoms with E-state index in [9.17, 15) is 9.59 Å². The van der Waals surface area contributed by atoms with Gasteiger partial charge in [-0.15, -0.1) is 0 Å². The Bertz CT molecular complexity index is 759. The molecular formula is C29H49NO6. The number of carbonyl (C=O) groups excluding carboxylic acids is 2. The van der Waals surface area contributed by atoms with Crippen LogP contribution < -0.4 is 5.32 Å². The Labute approximate surface area is 218 Å². The molecule has 2 saturated heterocycles. The summed E-state index contributed by atoms with van der Waals surface area (Å²) in [6.45, 7) is 9.94. The summed E-state index contributed by atoms with van der Waals surface area (Å²) in [5, 5.41) is 2.98. The van der Waals surface area contributed by atoms with Gasteiger partial charge >= 0.3 is 5.97 Å². The van der Waals surface area contributed by atoms with E-state index < -0.39 is 0 Å². The molecule has 0 radical (unpaired) electrons. The first kappa shape index (κ1) is 29.1. The van der Waals surface area contributed by atoms with Crippen LogP contribution in [0.5, 0.6) is 0 Å².